The van der Waals surface area contributed by atoms with Crippen molar-refractivity contribution in [1.82, 2.24) is 4.98 Å². The van der Waals surface area contributed by atoms with E-state index in [0.717, 1.165) is 5.56 Å². The van der Waals surface area contributed by atoms with Gasteiger partial charge in [-0.2, -0.15) is 0 Å². The van der Waals surface area contributed by atoms with Crippen LogP contribution in [0, 0.1) is 10.1 Å². The standard InChI is InChI=1S/C19H17N3O8/c20-14(18(24)25)8-11-3-6-13(9-15(11)22(27)28)29-12-4-1-10(2-5-12)7-16-17(23)21-19(26)30-16/h1-6,9,14,23H,7-8,20H2,(H,21,26)(H,24,25). The van der Waals surface area contributed by atoms with Crippen LogP contribution in [-0.2, 0) is 17.6 Å². The summed E-state index contributed by atoms with van der Waals surface area (Å²) in [4.78, 5) is 34.8. The zero-order valence-corrected chi connectivity index (χ0v) is 15.4. The lowest BCUT2D eigenvalue weighted by molar-refractivity contribution is -0.385. The van der Waals surface area contributed by atoms with Crippen LogP contribution in [0.25, 0.3) is 0 Å². The van der Waals surface area contributed by atoms with Crippen LogP contribution < -0.4 is 16.2 Å². The molecule has 1 unspecified atom stereocenters. The number of nitro groups is 1. The molecule has 0 radical (unpaired) electrons. The Morgan fingerprint density at radius 3 is 2.47 bits per heavy atom. The Labute approximate surface area is 168 Å². The maximum atomic E-state index is 11.3. The lowest BCUT2D eigenvalue weighted by atomic mass is 10.0. The van der Waals surface area contributed by atoms with Gasteiger partial charge in [0.15, 0.2) is 5.76 Å². The third-order valence-corrected chi connectivity index (χ3v) is 4.23. The van der Waals surface area contributed by atoms with Crippen molar-refractivity contribution in [2.45, 2.75) is 18.9 Å². The molecule has 3 rings (SSSR count). The second-order valence-electron chi connectivity index (χ2n) is 6.41. The van der Waals surface area contributed by atoms with E-state index in [1.807, 2.05) is 0 Å². The van der Waals surface area contributed by atoms with Crippen molar-refractivity contribution in [2.24, 2.45) is 5.73 Å². The summed E-state index contributed by atoms with van der Waals surface area (Å²) in [7, 11) is 0. The Hall–Kier alpha value is -4.12. The topological polar surface area (TPSA) is 182 Å². The number of aromatic hydroxyl groups is 1. The van der Waals surface area contributed by atoms with E-state index in [-0.39, 0.29) is 41.5 Å². The summed E-state index contributed by atoms with van der Waals surface area (Å²) in [5, 5.41) is 29.8. The highest BCUT2D eigenvalue weighted by molar-refractivity contribution is 5.74. The number of nitrogens with one attached hydrogen (secondary N) is 1. The fourth-order valence-electron chi connectivity index (χ4n) is 2.74. The van der Waals surface area contributed by atoms with Gasteiger partial charge in [-0.15, -0.1) is 0 Å². The smallest absolute Gasteiger partial charge is 0.419 e. The van der Waals surface area contributed by atoms with Crippen molar-refractivity contribution < 1.29 is 29.1 Å². The van der Waals surface area contributed by atoms with E-state index in [0.29, 0.717) is 5.75 Å². The fourth-order valence-corrected chi connectivity index (χ4v) is 2.74. The molecule has 0 aliphatic carbocycles. The first-order valence-corrected chi connectivity index (χ1v) is 8.66. The Balaban J connectivity index is 1.74. The summed E-state index contributed by atoms with van der Waals surface area (Å²) in [5.74, 6) is -1.66. The monoisotopic (exact) mass is 415 g/mol. The summed E-state index contributed by atoms with van der Waals surface area (Å²) in [6.45, 7) is 0. The van der Waals surface area contributed by atoms with Crippen LogP contribution in [0.5, 0.6) is 17.4 Å². The van der Waals surface area contributed by atoms with E-state index < -0.39 is 22.7 Å². The maximum absolute atomic E-state index is 11.3. The molecular weight excluding hydrogens is 398 g/mol. The number of rotatable bonds is 8. The van der Waals surface area contributed by atoms with Gasteiger partial charge >= 0.3 is 11.7 Å². The number of nitrogens with zero attached hydrogens (tertiary/aromatic N) is 1. The Kier molecular flexibility index (Phi) is 5.83. The average molecular weight is 415 g/mol. The molecule has 0 fully saturated rings. The number of nitrogens with two attached hydrogens (primary N) is 1. The van der Waals surface area contributed by atoms with Gasteiger partial charge in [-0.25, -0.2) is 4.79 Å². The molecule has 0 amide bonds. The van der Waals surface area contributed by atoms with Crippen molar-refractivity contribution in [2.75, 3.05) is 0 Å². The van der Waals surface area contributed by atoms with Crippen molar-refractivity contribution in [3.8, 4) is 17.4 Å². The molecule has 0 spiro atoms. The van der Waals surface area contributed by atoms with Gasteiger partial charge in [0.25, 0.3) is 5.69 Å². The van der Waals surface area contributed by atoms with Crippen LogP contribution in [-0.4, -0.2) is 32.1 Å². The third kappa shape index (κ3) is 4.83. The van der Waals surface area contributed by atoms with Crippen molar-refractivity contribution in [1.29, 1.82) is 0 Å². The molecule has 30 heavy (non-hydrogen) atoms. The number of carbonyl (C=O) groups is 1. The first-order chi connectivity index (χ1) is 14.2. The van der Waals surface area contributed by atoms with Crippen LogP contribution in [0.3, 0.4) is 0 Å². The number of hydrogen-bond donors (Lipinski definition) is 4. The van der Waals surface area contributed by atoms with Gasteiger partial charge in [0.1, 0.15) is 17.5 Å². The van der Waals surface area contributed by atoms with E-state index >= 15 is 0 Å². The number of aromatic nitrogens is 1. The van der Waals surface area contributed by atoms with Gasteiger partial charge in [0.2, 0.25) is 5.88 Å². The molecule has 11 heteroatoms. The maximum Gasteiger partial charge on any atom is 0.419 e. The minimum absolute atomic E-state index is 0.0967. The predicted octanol–water partition coefficient (Wildman–Crippen LogP) is 1.92. The highest BCUT2D eigenvalue weighted by Gasteiger charge is 2.21. The van der Waals surface area contributed by atoms with E-state index in [4.69, 9.17) is 20.0 Å². The molecule has 0 aliphatic heterocycles. The molecule has 0 bridgehead atoms. The molecule has 2 aromatic carbocycles. The van der Waals surface area contributed by atoms with Gasteiger partial charge in [-0.1, -0.05) is 12.1 Å². The number of carboxylic acid groups (broad SMARTS) is 1. The molecule has 1 heterocycles. The Morgan fingerprint density at radius 1 is 1.23 bits per heavy atom. The Morgan fingerprint density at radius 2 is 1.90 bits per heavy atom. The number of nitro benzene ring substituents is 1. The summed E-state index contributed by atoms with van der Waals surface area (Å²) in [5.41, 5.74) is 6.08. The largest absolute Gasteiger partial charge is 0.492 e. The Bertz CT molecular complexity index is 1130. The van der Waals surface area contributed by atoms with Crippen molar-refractivity contribution >= 4 is 11.7 Å². The van der Waals surface area contributed by atoms with Gasteiger partial charge in [-0.3, -0.25) is 19.9 Å². The number of ether oxygens (including phenoxy) is 1. The predicted molar refractivity (Wildman–Crippen MR) is 103 cm³/mol. The molecule has 0 saturated heterocycles. The molecule has 11 nitrogen and oxygen atoms in total. The van der Waals surface area contributed by atoms with Gasteiger partial charge in [0, 0.05) is 18.4 Å². The van der Waals surface area contributed by atoms with Gasteiger partial charge in [0.05, 0.1) is 11.0 Å². The molecular formula is C19H17N3O8. The van der Waals surface area contributed by atoms with Crippen molar-refractivity contribution in [3.05, 3.63) is 80.0 Å². The molecule has 0 saturated carbocycles. The molecule has 3 aromatic rings. The van der Waals surface area contributed by atoms with Crippen LogP contribution in [0.4, 0.5) is 5.69 Å². The lowest BCUT2D eigenvalue weighted by Crippen LogP contribution is -2.32. The minimum atomic E-state index is -1.26. The van der Waals surface area contributed by atoms with E-state index in [2.05, 4.69) is 4.98 Å². The third-order valence-electron chi connectivity index (χ3n) is 4.23. The minimum Gasteiger partial charge on any atom is -0.492 e. The number of aromatic amines is 1. The average Bonchev–Trinajstić information content (AvgIpc) is 3.01. The van der Waals surface area contributed by atoms with E-state index in [9.17, 15) is 24.8 Å². The summed E-state index contributed by atoms with van der Waals surface area (Å²) in [6.07, 6.45) is -0.0163. The number of benzene rings is 2. The van der Waals surface area contributed by atoms with Gasteiger partial charge < -0.3 is 25.1 Å². The second kappa shape index (κ2) is 8.49. The quantitative estimate of drug-likeness (QED) is 0.315. The van der Waals surface area contributed by atoms with E-state index in [1.54, 1.807) is 24.3 Å². The summed E-state index contributed by atoms with van der Waals surface area (Å²) < 4.78 is 10.5. The first kappa shape index (κ1) is 20.6. The number of H-pyrrole nitrogens is 1. The molecule has 1 atom stereocenters. The number of hydrogen-bond acceptors (Lipinski definition) is 8. The fraction of sp³-hybridized carbons (Fsp3) is 0.158. The number of aliphatic carboxylic acids is 1. The molecule has 0 aliphatic rings. The highest BCUT2D eigenvalue weighted by Crippen LogP contribution is 2.29. The molecule has 1 aromatic heterocycles. The summed E-state index contributed by atoms with van der Waals surface area (Å²) in [6, 6.07) is 9.40. The highest BCUT2D eigenvalue weighted by atomic mass is 16.6. The normalized spacial score (nSPS) is 11.8. The van der Waals surface area contributed by atoms with Gasteiger partial charge in [-0.05, 0) is 29.8 Å². The SMILES string of the molecule is NC(Cc1ccc(Oc2ccc(Cc3oc(=O)[nH]c3O)cc2)cc1[N+](=O)[O-])C(=O)O. The van der Waals surface area contributed by atoms with Crippen molar-refractivity contribution in [3.63, 3.8) is 0 Å². The van der Waals surface area contributed by atoms with E-state index in [1.165, 1.54) is 18.2 Å². The number of oxazole rings is 1. The zero-order valence-electron chi connectivity index (χ0n) is 15.4. The van der Waals surface area contributed by atoms with Crippen LogP contribution in [0.2, 0.25) is 0 Å². The zero-order chi connectivity index (χ0) is 21.8. The molecule has 156 valence electrons. The number of carboxylic acids is 1. The van der Waals surface area contributed by atoms with Crippen LogP contribution in [0.1, 0.15) is 16.9 Å². The second-order valence-corrected chi connectivity index (χ2v) is 6.41. The lowest BCUT2D eigenvalue weighted by Gasteiger charge is -2.10. The first-order valence-electron chi connectivity index (χ1n) is 8.66. The summed E-state index contributed by atoms with van der Waals surface area (Å²) >= 11 is 0. The van der Waals surface area contributed by atoms with Crippen LogP contribution >= 0.6 is 0 Å². The molecule has 5 N–H and O–H groups in total. The van der Waals surface area contributed by atoms with Crippen LogP contribution in [0.15, 0.2) is 51.7 Å².